The van der Waals surface area contributed by atoms with E-state index in [0.717, 1.165) is 6.92 Å². The number of ether oxygens (including phenoxy) is 4. The van der Waals surface area contributed by atoms with E-state index in [2.05, 4.69) is 0 Å². The summed E-state index contributed by atoms with van der Waals surface area (Å²) in [5.74, 6) is -0.824. The highest BCUT2D eigenvalue weighted by Gasteiger charge is 2.51. The average Bonchev–Trinajstić information content (AvgIpc) is 2.61. The number of aliphatic hydroxyl groups is 7. The highest BCUT2D eigenvalue weighted by Crippen LogP contribution is 2.29. The van der Waals surface area contributed by atoms with Gasteiger partial charge >= 0.3 is 5.97 Å². The van der Waals surface area contributed by atoms with E-state index < -0.39 is 80.6 Å². The first-order valence-corrected chi connectivity index (χ1v) is 7.96. The standard InChI is InChI=1S/C14H24O12/c1-4(17)23-12-10(21)8(19)6(3-16)25-14(12)26-13-11(22)9(20)7(18)5(2-15)24-13/h5-16,18-22H,2-3H2,1H3/t5-,6-,7-,8-,9+,10+,11-,12-,13-,14-/m1/s1. The summed E-state index contributed by atoms with van der Waals surface area (Å²) < 4.78 is 20.6. The maximum absolute atomic E-state index is 11.2. The number of esters is 1. The average molecular weight is 384 g/mol. The van der Waals surface area contributed by atoms with Crippen molar-refractivity contribution >= 4 is 5.97 Å². The molecule has 152 valence electrons. The minimum Gasteiger partial charge on any atom is -0.454 e. The molecular weight excluding hydrogens is 360 g/mol. The lowest BCUT2D eigenvalue weighted by Crippen LogP contribution is -2.64. The zero-order valence-corrected chi connectivity index (χ0v) is 13.9. The predicted octanol–water partition coefficient (Wildman–Crippen LogP) is -4.83. The van der Waals surface area contributed by atoms with Crippen LogP contribution in [0.5, 0.6) is 0 Å². The highest BCUT2D eigenvalue weighted by molar-refractivity contribution is 5.66. The molecule has 12 nitrogen and oxygen atoms in total. The normalized spacial score (nSPS) is 46.8. The molecule has 2 fully saturated rings. The molecule has 0 bridgehead atoms. The number of rotatable bonds is 5. The summed E-state index contributed by atoms with van der Waals surface area (Å²) in [7, 11) is 0. The third-order valence-electron chi connectivity index (χ3n) is 4.24. The molecule has 12 heteroatoms. The summed E-state index contributed by atoms with van der Waals surface area (Å²) in [5, 5.41) is 67.9. The SMILES string of the molecule is CC(=O)O[C@H]1[C@@H](O[C@H]2O[C@H](CO)[C@@H](O)[C@H](O)[C@H]2O)O[C@H](CO)[C@@H](O)[C@@H]1O. The van der Waals surface area contributed by atoms with Crippen LogP contribution in [0.2, 0.25) is 0 Å². The maximum Gasteiger partial charge on any atom is 0.303 e. The molecule has 10 atom stereocenters. The van der Waals surface area contributed by atoms with Crippen molar-refractivity contribution < 1.29 is 59.5 Å². The monoisotopic (exact) mass is 384 g/mol. The fraction of sp³-hybridized carbons (Fsp3) is 0.929. The number of hydrogen-bond acceptors (Lipinski definition) is 12. The largest absolute Gasteiger partial charge is 0.454 e. The van der Waals surface area contributed by atoms with Crippen molar-refractivity contribution in [3.63, 3.8) is 0 Å². The molecule has 0 amide bonds. The van der Waals surface area contributed by atoms with Gasteiger partial charge in [0.1, 0.15) is 42.7 Å². The Kier molecular flexibility index (Phi) is 7.27. The molecule has 0 saturated carbocycles. The van der Waals surface area contributed by atoms with Gasteiger partial charge in [-0.05, 0) is 0 Å². The van der Waals surface area contributed by atoms with Crippen LogP contribution in [0.25, 0.3) is 0 Å². The summed E-state index contributed by atoms with van der Waals surface area (Å²) in [5.41, 5.74) is 0. The first-order valence-electron chi connectivity index (χ1n) is 7.96. The molecule has 0 aromatic rings. The van der Waals surface area contributed by atoms with Gasteiger partial charge in [0.2, 0.25) is 6.29 Å². The van der Waals surface area contributed by atoms with Crippen molar-refractivity contribution in [2.24, 2.45) is 0 Å². The van der Waals surface area contributed by atoms with Crippen molar-refractivity contribution in [2.75, 3.05) is 13.2 Å². The van der Waals surface area contributed by atoms with Crippen molar-refractivity contribution in [2.45, 2.75) is 68.3 Å². The number of hydrogen-bond donors (Lipinski definition) is 7. The molecule has 26 heavy (non-hydrogen) atoms. The fourth-order valence-electron chi connectivity index (χ4n) is 2.79. The first-order chi connectivity index (χ1) is 12.2. The van der Waals surface area contributed by atoms with Gasteiger partial charge in [-0.2, -0.15) is 0 Å². The molecular formula is C14H24O12. The van der Waals surface area contributed by atoms with Gasteiger partial charge in [0, 0.05) is 6.92 Å². The summed E-state index contributed by atoms with van der Waals surface area (Å²) >= 11 is 0. The van der Waals surface area contributed by atoms with E-state index in [9.17, 15) is 40.5 Å². The number of aliphatic hydroxyl groups excluding tert-OH is 7. The van der Waals surface area contributed by atoms with Crippen LogP contribution >= 0.6 is 0 Å². The Morgan fingerprint density at radius 3 is 1.81 bits per heavy atom. The summed E-state index contributed by atoms with van der Waals surface area (Å²) in [6, 6.07) is 0. The topological polar surface area (TPSA) is 196 Å². The second-order valence-electron chi connectivity index (χ2n) is 6.11. The van der Waals surface area contributed by atoms with Crippen LogP contribution in [0, 0.1) is 0 Å². The van der Waals surface area contributed by atoms with Gasteiger partial charge in [-0.25, -0.2) is 0 Å². The molecule has 0 aromatic heterocycles. The van der Waals surface area contributed by atoms with E-state index in [1.807, 2.05) is 0 Å². The lowest BCUT2D eigenvalue weighted by atomic mass is 9.98. The minimum atomic E-state index is -1.76. The zero-order valence-electron chi connectivity index (χ0n) is 13.9. The molecule has 2 saturated heterocycles. The fourth-order valence-corrected chi connectivity index (χ4v) is 2.79. The molecule has 2 rings (SSSR count). The first kappa shape index (κ1) is 21.4. The van der Waals surface area contributed by atoms with E-state index >= 15 is 0 Å². The molecule has 0 unspecified atom stereocenters. The van der Waals surface area contributed by atoms with Gasteiger partial charge in [-0.15, -0.1) is 0 Å². The Morgan fingerprint density at radius 2 is 1.31 bits per heavy atom. The van der Waals surface area contributed by atoms with Crippen molar-refractivity contribution in [1.29, 1.82) is 0 Å². The summed E-state index contributed by atoms with van der Waals surface area (Å²) in [4.78, 5) is 11.2. The van der Waals surface area contributed by atoms with Crippen LogP contribution in [0.1, 0.15) is 6.92 Å². The molecule has 7 N–H and O–H groups in total. The molecule has 0 aliphatic carbocycles. The molecule has 0 spiro atoms. The maximum atomic E-state index is 11.2. The molecule has 2 aliphatic rings. The summed E-state index contributed by atoms with van der Waals surface area (Å²) in [6.07, 6.45) is -15.6. The van der Waals surface area contributed by atoms with E-state index in [1.165, 1.54) is 0 Å². The van der Waals surface area contributed by atoms with Crippen LogP contribution in [-0.2, 0) is 23.7 Å². The number of carbonyl (C=O) groups excluding carboxylic acids is 1. The van der Waals surface area contributed by atoms with Crippen molar-refractivity contribution in [3.8, 4) is 0 Å². The summed E-state index contributed by atoms with van der Waals surface area (Å²) in [6.45, 7) is -0.341. The van der Waals surface area contributed by atoms with Crippen LogP contribution in [-0.4, -0.2) is 116 Å². The third-order valence-corrected chi connectivity index (χ3v) is 4.24. The van der Waals surface area contributed by atoms with Gasteiger partial charge in [-0.3, -0.25) is 4.79 Å². The Hall–Kier alpha value is -0.930. The van der Waals surface area contributed by atoms with Gasteiger partial charge in [-0.1, -0.05) is 0 Å². The van der Waals surface area contributed by atoms with Gasteiger partial charge < -0.3 is 54.7 Å². The van der Waals surface area contributed by atoms with Gasteiger partial charge in [0.05, 0.1) is 13.2 Å². The quantitative estimate of drug-likeness (QED) is 0.224. The van der Waals surface area contributed by atoms with Crippen LogP contribution < -0.4 is 0 Å². The molecule has 2 aliphatic heterocycles. The van der Waals surface area contributed by atoms with E-state index in [1.54, 1.807) is 0 Å². The minimum absolute atomic E-state index is 0.690. The second kappa shape index (κ2) is 8.84. The Balaban J connectivity index is 2.18. The highest BCUT2D eigenvalue weighted by atomic mass is 16.8. The van der Waals surface area contributed by atoms with Crippen LogP contribution in [0.4, 0.5) is 0 Å². The van der Waals surface area contributed by atoms with E-state index in [4.69, 9.17) is 18.9 Å². The third kappa shape index (κ3) is 4.31. The lowest BCUT2D eigenvalue weighted by Gasteiger charge is -2.45. The zero-order chi connectivity index (χ0) is 19.6. The molecule has 0 aromatic carbocycles. The lowest BCUT2D eigenvalue weighted by molar-refractivity contribution is -0.376. The van der Waals surface area contributed by atoms with Crippen molar-refractivity contribution in [1.82, 2.24) is 0 Å². The van der Waals surface area contributed by atoms with Gasteiger partial charge in [0.15, 0.2) is 12.4 Å². The smallest absolute Gasteiger partial charge is 0.303 e. The predicted molar refractivity (Wildman–Crippen MR) is 78.2 cm³/mol. The number of carbonyl (C=O) groups is 1. The molecule has 2 heterocycles. The van der Waals surface area contributed by atoms with Gasteiger partial charge in [0.25, 0.3) is 0 Å². The molecule has 0 radical (unpaired) electrons. The van der Waals surface area contributed by atoms with Crippen molar-refractivity contribution in [3.05, 3.63) is 0 Å². The Morgan fingerprint density at radius 1 is 0.808 bits per heavy atom. The van der Waals surface area contributed by atoms with E-state index in [-0.39, 0.29) is 0 Å². The van der Waals surface area contributed by atoms with Crippen LogP contribution in [0.3, 0.4) is 0 Å². The Labute approximate surface area is 148 Å². The van der Waals surface area contributed by atoms with E-state index in [0.29, 0.717) is 0 Å². The Bertz CT molecular complexity index is 473. The second-order valence-corrected chi connectivity index (χ2v) is 6.11. The van der Waals surface area contributed by atoms with Crippen LogP contribution in [0.15, 0.2) is 0 Å².